The smallest absolute Gasteiger partial charge is 0.231 e. The Labute approximate surface area is 168 Å². The van der Waals surface area contributed by atoms with Crippen molar-refractivity contribution >= 4 is 17.4 Å². The van der Waals surface area contributed by atoms with Crippen molar-refractivity contribution in [3.05, 3.63) is 66.4 Å². The fraction of sp³-hybridized carbons (Fsp3) is 0.286. The maximum absolute atomic E-state index is 13.0. The fourth-order valence-electron chi connectivity index (χ4n) is 3.26. The predicted molar refractivity (Wildman–Crippen MR) is 110 cm³/mol. The van der Waals surface area contributed by atoms with Crippen LogP contribution in [-0.4, -0.2) is 58.8 Å². The topological polar surface area (TPSA) is 66.3 Å². The molecule has 7 nitrogen and oxygen atoms in total. The van der Waals surface area contributed by atoms with Crippen LogP contribution in [-0.2, 0) is 11.2 Å². The van der Waals surface area contributed by atoms with Gasteiger partial charge in [-0.1, -0.05) is 0 Å². The van der Waals surface area contributed by atoms with Crippen LogP contribution in [0.1, 0.15) is 5.69 Å². The molecule has 0 atom stereocenters. The number of amides is 1. The van der Waals surface area contributed by atoms with Crippen molar-refractivity contribution in [2.24, 2.45) is 0 Å². The summed E-state index contributed by atoms with van der Waals surface area (Å²) in [4.78, 5) is 21.3. The maximum atomic E-state index is 13.0. The second kappa shape index (κ2) is 8.40. The second-order valence-electron chi connectivity index (χ2n) is 7.14. The van der Waals surface area contributed by atoms with Crippen LogP contribution in [0.5, 0.6) is 0 Å². The van der Waals surface area contributed by atoms with Crippen LogP contribution in [0, 0.1) is 5.82 Å². The minimum Gasteiger partial charge on any atom is -0.368 e. The summed E-state index contributed by atoms with van der Waals surface area (Å²) in [6.45, 7) is 4.01. The average Bonchev–Trinajstić information content (AvgIpc) is 3.18. The summed E-state index contributed by atoms with van der Waals surface area (Å²) in [6.07, 6.45) is 3.68. The van der Waals surface area contributed by atoms with E-state index in [0.29, 0.717) is 11.5 Å². The van der Waals surface area contributed by atoms with Gasteiger partial charge in [-0.25, -0.2) is 14.1 Å². The first kappa shape index (κ1) is 19.1. The van der Waals surface area contributed by atoms with Crippen LogP contribution >= 0.6 is 0 Å². The van der Waals surface area contributed by atoms with E-state index in [-0.39, 0.29) is 18.1 Å². The molecule has 0 aliphatic carbocycles. The molecule has 1 N–H and O–H groups in total. The molecular weight excluding hydrogens is 371 g/mol. The lowest BCUT2D eigenvalue weighted by Crippen LogP contribution is -2.44. The molecule has 150 valence electrons. The first-order valence-corrected chi connectivity index (χ1v) is 9.57. The summed E-state index contributed by atoms with van der Waals surface area (Å²) < 4.78 is 14.7. The minimum absolute atomic E-state index is 0.135. The van der Waals surface area contributed by atoms with Crippen molar-refractivity contribution in [3.63, 3.8) is 0 Å². The van der Waals surface area contributed by atoms with Gasteiger partial charge in [0.15, 0.2) is 0 Å². The zero-order valence-electron chi connectivity index (χ0n) is 16.3. The molecule has 1 amide bonds. The molecule has 29 heavy (non-hydrogen) atoms. The summed E-state index contributed by atoms with van der Waals surface area (Å²) in [6, 6.07) is 11.6. The van der Waals surface area contributed by atoms with Gasteiger partial charge in [-0.2, -0.15) is 5.10 Å². The number of halogens is 1. The molecule has 1 saturated heterocycles. The van der Waals surface area contributed by atoms with E-state index >= 15 is 0 Å². The number of pyridine rings is 1. The van der Waals surface area contributed by atoms with Crippen molar-refractivity contribution in [2.75, 3.05) is 43.4 Å². The first-order valence-electron chi connectivity index (χ1n) is 9.57. The summed E-state index contributed by atoms with van der Waals surface area (Å²) >= 11 is 0. The molecule has 1 aliphatic rings. The number of aromatic nitrogens is 3. The number of rotatable bonds is 5. The highest BCUT2D eigenvalue weighted by Gasteiger charge is 2.15. The molecule has 0 saturated carbocycles. The zero-order chi connectivity index (χ0) is 20.2. The van der Waals surface area contributed by atoms with Crippen molar-refractivity contribution in [1.82, 2.24) is 19.7 Å². The number of nitrogens with zero attached hydrogens (tertiary/aromatic N) is 5. The van der Waals surface area contributed by atoms with Gasteiger partial charge in [0.1, 0.15) is 11.6 Å². The van der Waals surface area contributed by atoms with Crippen LogP contribution in [0.15, 0.2) is 54.9 Å². The Morgan fingerprint density at radius 3 is 2.45 bits per heavy atom. The monoisotopic (exact) mass is 394 g/mol. The lowest BCUT2D eigenvalue weighted by atomic mass is 10.2. The van der Waals surface area contributed by atoms with Crippen molar-refractivity contribution in [1.29, 1.82) is 0 Å². The van der Waals surface area contributed by atoms with Crippen LogP contribution in [0.4, 0.5) is 15.9 Å². The fourth-order valence-corrected chi connectivity index (χ4v) is 3.26. The normalized spacial score (nSPS) is 14.8. The molecule has 0 radical (unpaired) electrons. The van der Waals surface area contributed by atoms with E-state index in [0.717, 1.165) is 37.6 Å². The highest BCUT2D eigenvalue weighted by Crippen LogP contribution is 2.17. The second-order valence-corrected chi connectivity index (χ2v) is 7.14. The number of hydrogen-bond acceptors (Lipinski definition) is 5. The third-order valence-corrected chi connectivity index (χ3v) is 4.96. The molecule has 0 bridgehead atoms. The number of nitrogens with one attached hydrogen (secondary N) is 1. The van der Waals surface area contributed by atoms with E-state index in [1.807, 2.05) is 12.1 Å². The molecule has 0 spiro atoms. The number of benzene rings is 1. The summed E-state index contributed by atoms with van der Waals surface area (Å²) in [5, 5.41) is 7.18. The minimum atomic E-state index is -0.299. The van der Waals surface area contributed by atoms with E-state index in [4.69, 9.17) is 0 Å². The van der Waals surface area contributed by atoms with Gasteiger partial charge in [-0.15, -0.1) is 0 Å². The number of carbonyl (C=O) groups excluding carboxylic acids is 1. The summed E-state index contributed by atoms with van der Waals surface area (Å²) in [5.74, 6) is 0.0340. The molecule has 3 heterocycles. The van der Waals surface area contributed by atoms with Crippen molar-refractivity contribution in [2.45, 2.75) is 6.42 Å². The van der Waals surface area contributed by atoms with E-state index in [1.54, 1.807) is 35.3 Å². The Balaban J connectivity index is 1.33. The van der Waals surface area contributed by atoms with Crippen LogP contribution in [0.2, 0.25) is 0 Å². The van der Waals surface area contributed by atoms with Gasteiger partial charge in [0, 0.05) is 32.4 Å². The molecule has 1 aromatic carbocycles. The van der Waals surface area contributed by atoms with Crippen LogP contribution in [0.3, 0.4) is 0 Å². The van der Waals surface area contributed by atoms with E-state index in [9.17, 15) is 9.18 Å². The van der Waals surface area contributed by atoms with E-state index < -0.39 is 0 Å². The predicted octanol–water partition coefficient (Wildman–Crippen LogP) is 2.34. The summed E-state index contributed by atoms with van der Waals surface area (Å²) in [7, 11) is 2.12. The largest absolute Gasteiger partial charge is 0.368 e. The van der Waals surface area contributed by atoms with E-state index in [1.165, 1.54) is 12.1 Å². The Bertz CT molecular complexity index is 962. The SMILES string of the molecule is CN1CCN(c2ccc(NC(=O)Cc3ccn(-c4ccc(F)cc4)n3)nc2)CC1. The average molecular weight is 394 g/mol. The molecule has 4 rings (SSSR count). The van der Waals surface area contributed by atoms with Crippen molar-refractivity contribution in [3.8, 4) is 5.69 Å². The third-order valence-electron chi connectivity index (χ3n) is 4.96. The lowest BCUT2D eigenvalue weighted by molar-refractivity contribution is -0.115. The Hall–Kier alpha value is -3.26. The van der Waals surface area contributed by atoms with Crippen molar-refractivity contribution < 1.29 is 9.18 Å². The van der Waals surface area contributed by atoms with Crippen LogP contribution in [0.25, 0.3) is 5.69 Å². The zero-order valence-corrected chi connectivity index (χ0v) is 16.3. The van der Waals surface area contributed by atoms with Gasteiger partial charge < -0.3 is 15.1 Å². The molecular formula is C21H23FN6O. The van der Waals surface area contributed by atoms with E-state index in [2.05, 4.69) is 32.2 Å². The summed E-state index contributed by atoms with van der Waals surface area (Å²) in [5.41, 5.74) is 2.43. The Morgan fingerprint density at radius 2 is 1.76 bits per heavy atom. The number of anilines is 2. The highest BCUT2D eigenvalue weighted by molar-refractivity contribution is 5.91. The van der Waals surface area contributed by atoms with Gasteiger partial charge in [0.25, 0.3) is 0 Å². The molecule has 1 aliphatic heterocycles. The maximum Gasteiger partial charge on any atom is 0.231 e. The molecule has 8 heteroatoms. The molecule has 3 aromatic rings. The Morgan fingerprint density at radius 1 is 1.03 bits per heavy atom. The van der Waals surface area contributed by atoms with Gasteiger partial charge in [-0.3, -0.25) is 4.79 Å². The molecule has 1 fully saturated rings. The standard InChI is InChI=1S/C21H23FN6O/c1-26-10-12-27(13-11-26)19-6-7-20(23-15-19)24-21(29)14-17-8-9-28(25-17)18-4-2-16(22)3-5-18/h2-9,15H,10-14H2,1H3,(H,23,24,29). The van der Waals surface area contributed by atoms with Gasteiger partial charge in [0.05, 0.1) is 29.7 Å². The first-order chi connectivity index (χ1) is 14.1. The van der Waals surface area contributed by atoms with Gasteiger partial charge >= 0.3 is 0 Å². The third kappa shape index (κ3) is 4.78. The molecule has 2 aromatic heterocycles. The highest BCUT2D eigenvalue weighted by atomic mass is 19.1. The van der Waals surface area contributed by atoms with Gasteiger partial charge in [0.2, 0.25) is 5.91 Å². The molecule has 0 unspecified atom stereocenters. The Kier molecular flexibility index (Phi) is 5.53. The quantitative estimate of drug-likeness (QED) is 0.720. The lowest BCUT2D eigenvalue weighted by Gasteiger charge is -2.33. The van der Waals surface area contributed by atoms with Crippen LogP contribution < -0.4 is 10.2 Å². The number of hydrogen-bond donors (Lipinski definition) is 1. The number of piperazine rings is 1. The van der Waals surface area contributed by atoms with Gasteiger partial charge in [-0.05, 0) is 49.5 Å². The number of likely N-dealkylation sites (N-methyl/N-ethyl adjacent to an activating group) is 1. The number of carbonyl (C=O) groups is 1.